The van der Waals surface area contributed by atoms with Crippen LogP contribution in [-0.4, -0.2) is 44.0 Å². The highest BCUT2D eigenvalue weighted by atomic mass is 16.5. The summed E-state index contributed by atoms with van der Waals surface area (Å²) in [5.41, 5.74) is 2.92. The molecule has 1 fully saturated rings. The molecule has 0 spiro atoms. The summed E-state index contributed by atoms with van der Waals surface area (Å²) in [6.07, 6.45) is 3.46. The number of aliphatic hydroxyl groups is 1. The van der Waals surface area contributed by atoms with E-state index in [1.165, 1.54) is 0 Å². The van der Waals surface area contributed by atoms with Gasteiger partial charge in [0.05, 0.1) is 16.8 Å². The van der Waals surface area contributed by atoms with Gasteiger partial charge in [-0.2, -0.15) is 5.10 Å². The number of aromatic amines is 1. The fourth-order valence-electron chi connectivity index (χ4n) is 3.52. The Balaban J connectivity index is 1.35. The number of pyridine rings is 2. The van der Waals surface area contributed by atoms with E-state index in [1.54, 1.807) is 12.4 Å². The second kappa shape index (κ2) is 6.95. The molecule has 1 atom stereocenters. The Morgan fingerprint density at radius 2 is 2.00 bits per heavy atom. The molecule has 3 aromatic heterocycles. The van der Waals surface area contributed by atoms with Crippen molar-refractivity contribution >= 4 is 10.9 Å². The average molecular weight is 387 g/mol. The molecule has 7 heteroatoms. The fraction of sp³-hybridized carbons (Fsp3) is 0.227. The number of aromatic nitrogens is 4. The van der Waals surface area contributed by atoms with Gasteiger partial charge in [-0.3, -0.25) is 10.1 Å². The predicted molar refractivity (Wildman–Crippen MR) is 110 cm³/mol. The van der Waals surface area contributed by atoms with Crippen molar-refractivity contribution in [2.75, 3.05) is 13.1 Å². The van der Waals surface area contributed by atoms with Crippen molar-refractivity contribution in [3.63, 3.8) is 0 Å². The second-order valence-electron chi connectivity index (χ2n) is 7.48. The first-order chi connectivity index (χ1) is 14.1. The van der Waals surface area contributed by atoms with Gasteiger partial charge in [0.15, 0.2) is 0 Å². The molecule has 4 aromatic rings. The van der Waals surface area contributed by atoms with Gasteiger partial charge in [0.25, 0.3) is 0 Å². The molecule has 3 N–H and O–H groups in total. The molecular formula is C22H21N5O2. The molecule has 1 aliphatic rings. The number of nitrogens with zero attached hydrogens (tertiary/aromatic N) is 3. The third-order valence-electron chi connectivity index (χ3n) is 5.56. The van der Waals surface area contributed by atoms with Gasteiger partial charge in [-0.1, -0.05) is 13.0 Å². The van der Waals surface area contributed by atoms with E-state index in [4.69, 9.17) is 9.72 Å². The molecule has 4 heterocycles. The molecule has 0 saturated carbocycles. The number of benzene rings is 1. The molecule has 1 aromatic carbocycles. The topological polar surface area (TPSA) is 96.0 Å². The van der Waals surface area contributed by atoms with Crippen LogP contribution in [0.15, 0.2) is 60.9 Å². The van der Waals surface area contributed by atoms with Crippen molar-refractivity contribution in [3.05, 3.63) is 66.6 Å². The molecule has 0 amide bonds. The summed E-state index contributed by atoms with van der Waals surface area (Å²) in [7, 11) is 0. The van der Waals surface area contributed by atoms with Crippen LogP contribution in [0.5, 0.6) is 11.6 Å². The van der Waals surface area contributed by atoms with Gasteiger partial charge in [0, 0.05) is 54.1 Å². The smallest absolute Gasteiger partial charge is 0.219 e. The lowest BCUT2D eigenvalue weighted by atomic mass is 9.81. The number of hydrogen-bond donors (Lipinski definition) is 3. The van der Waals surface area contributed by atoms with Crippen LogP contribution >= 0.6 is 0 Å². The first-order valence-electron chi connectivity index (χ1n) is 9.58. The predicted octanol–water partition coefficient (Wildman–Crippen LogP) is 3.25. The largest absolute Gasteiger partial charge is 0.439 e. The van der Waals surface area contributed by atoms with E-state index < -0.39 is 5.60 Å². The van der Waals surface area contributed by atoms with Gasteiger partial charge >= 0.3 is 0 Å². The number of rotatable bonds is 5. The maximum atomic E-state index is 10.6. The van der Waals surface area contributed by atoms with Crippen molar-refractivity contribution in [2.45, 2.75) is 18.4 Å². The van der Waals surface area contributed by atoms with Gasteiger partial charge in [-0.15, -0.1) is 0 Å². The normalized spacial score (nSPS) is 16.3. The van der Waals surface area contributed by atoms with E-state index in [1.807, 2.05) is 55.5 Å². The minimum Gasteiger partial charge on any atom is -0.439 e. The Labute approximate surface area is 167 Å². The lowest BCUT2D eigenvalue weighted by Gasteiger charge is -2.42. The maximum absolute atomic E-state index is 10.6. The van der Waals surface area contributed by atoms with Crippen LogP contribution in [0.25, 0.3) is 22.2 Å². The van der Waals surface area contributed by atoms with Gasteiger partial charge in [-0.05, 0) is 36.4 Å². The SMILES string of the molecule is CC(c1ccc2cc(Oc3ccc(-c4ccn[nH]4)cn3)ccc2n1)C1(O)CNC1. The minimum atomic E-state index is -0.711. The lowest BCUT2D eigenvalue weighted by molar-refractivity contribution is -0.0309. The number of H-pyrrole nitrogens is 1. The standard InChI is InChI=1S/C22H21N5O2/c1-14(22(28)12-23-13-22)18-5-2-15-10-17(4-6-19(15)26-18)29-21-7-3-16(11-24-21)20-8-9-25-27-20/h2-11,14,23,28H,12-13H2,1H3,(H,25,27). The summed E-state index contributed by atoms with van der Waals surface area (Å²) in [5.74, 6) is 1.19. The van der Waals surface area contributed by atoms with Crippen molar-refractivity contribution in [1.82, 2.24) is 25.5 Å². The summed E-state index contributed by atoms with van der Waals surface area (Å²) in [5, 5.41) is 21.5. The zero-order valence-electron chi connectivity index (χ0n) is 16.0. The molecule has 5 rings (SSSR count). The van der Waals surface area contributed by atoms with Crippen molar-refractivity contribution < 1.29 is 9.84 Å². The monoisotopic (exact) mass is 387 g/mol. The van der Waals surface area contributed by atoms with Crippen molar-refractivity contribution in [1.29, 1.82) is 0 Å². The number of nitrogens with one attached hydrogen (secondary N) is 2. The van der Waals surface area contributed by atoms with E-state index >= 15 is 0 Å². The molecule has 1 saturated heterocycles. The highest BCUT2D eigenvalue weighted by Gasteiger charge is 2.41. The van der Waals surface area contributed by atoms with E-state index in [0.717, 1.165) is 27.9 Å². The molecule has 1 aliphatic heterocycles. The lowest BCUT2D eigenvalue weighted by Crippen LogP contribution is -2.62. The summed E-state index contributed by atoms with van der Waals surface area (Å²) < 4.78 is 5.90. The molecular weight excluding hydrogens is 366 g/mol. The van der Waals surface area contributed by atoms with Crippen LogP contribution in [0, 0.1) is 0 Å². The molecule has 7 nitrogen and oxygen atoms in total. The Kier molecular flexibility index (Phi) is 4.26. The first-order valence-corrected chi connectivity index (χ1v) is 9.58. The molecule has 1 unspecified atom stereocenters. The van der Waals surface area contributed by atoms with Crippen molar-refractivity contribution in [3.8, 4) is 22.9 Å². The third kappa shape index (κ3) is 3.35. The zero-order chi connectivity index (χ0) is 19.8. The van der Waals surface area contributed by atoms with Crippen LogP contribution in [0.2, 0.25) is 0 Å². The number of fused-ring (bicyclic) bond motifs is 1. The summed E-state index contributed by atoms with van der Waals surface area (Å²) in [6.45, 7) is 3.23. The quantitative estimate of drug-likeness (QED) is 0.486. The summed E-state index contributed by atoms with van der Waals surface area (Å²) >= 11 is 0. The molecule has 0 bridgehead atoms. The molecule has 146 valence electrons. The van der Waals surface area contributed by atoms with Gasteiger partial charge in [0.2, 0.25) is 5.88 Å². The molecule has 0 aliphatic carbocycles. The minimum absolute atomic E-state index is 0.0262. The highest BCUT2D eigenvalue weighted by Crippen LogP contribution is 2.32. The van der Waals surface area contributed by atoms with Crippen molar-refractivity contribution in [2.24, 2.45) is 0 Å². The van der Waals surface area contributed by atoms with Crippen LogP contribution < -0.4 is 10.1 Å². The summed E-state index contributed by atoms with van der Waals surface area (Å²) in [6, 6.07) is 15.4. The van der Waals surface area contributed by atoms with E-state index in [0.29, 0.717) is 24.7 Å². The Morgan fingerprint density at radius 1 is 1.10 bits per heavy atom. The Hall–Kier alpha value is -3.29. The Bertz CT molecular complexity index is 1140. The van der Waals surface area contributed by atoms with E-state index in [-0.39, 0.29) is 5.92 Å². The third-order valence-corrected chi connectivity index (χ3v) is 5.56. The van der Waals surface area contributed by atoms with Gasteiger partial charge in [0.1, 0.15) is 5.75 Å². The number of hydrogen-bond acceptors (Lipinski definition) is 6. The van der Waals surface area contributed by atoms with Crippen LogP contribution in [0.3, 0.4) is 0 Å². The molecule has 0 radical (unpaired) electrons. The van der Waals surface area contributed by atoms with Gasteiger partial charge in [-0.25, -0.2) is 4.98 Å². The van der Waals surface area contributed by atoms with Crippen LogP contribution in [-0.2, 0) is 0 Å². The molecule has 29 heavy (non-hydrogen) atoms. The highest BCUT2D eigenvalue weighted by molar-refractivity contribution is 5.80. The number of β-amino-alcohol motifs (C(OH)–C–C–N with tert-alkyl or cyclic N) is 1. The zero-order valence-corrected chi connectivity index (χ0v) is 16.0. The van der Waals surface area contributed by atoms with Crippen LogP contribution in [0.1, 0.15) is 18.5 Å². The average Bonchev–Trinajstić information content (AvgIpc) is 3.26. The maximum Gasteiger partial charge on any atom is 0.219 e. The first kappa shape index (κ1) is 17.8. The van der Waals surface area contributed by atoms with E-state index in [9.17, 15) is 5.11 Å². The Morgan fingerprint density at radius 3 is 2.69 bits per heavy atom. The van der Waals surface area contributed by atoms with Gasteiger partial charge < -0.3 is 15.2 Å². The second-order valence-corrected chi connectivity index (χ2v) is 7.48. The fourth-order valence-corrected chi connectivity index (χ4v) is 3.52. The summed E-state index contributed by atoms with van der Waals surface area (Å²) in [4.78, 5) is 9.11. The van der Waals surface area contributed by atoms with E-state index in [2.05, 4.69) is 20.5 Å². The van der Waals surface area contributed by atoms with Crippen LogP contribution in [0.4, 0.5) is 0 Å². The number of ether oxygens (including phenoxy) is 1.